The first kappa shape index (κ1) is 13.2. The van der Waals surface area contributed by atoms with Crippen LogP contribution in [0.2, 0.25) is 0 Å². The van der Waals surface area contributed by atoms with Gasteiger partial charge in [-0.05, 0) is 6.07 Å². The minimum absolute atomic E-state index is 0.0790. The number of halogens is 1. The number of nitrogens with one attached hydrogen (secondary N) is 1. The Balaban J connectivity index is 2.46. The lowest BCUT2D eigenvalue weighted by atomic mass is 10.1. The highest BCUT2D eigenvalue weighted by Crippen LogP contribution is 2.30. The van der Waals surface area contributed by atoms with Gasteiger partial charge in [0.25, 0.3) is 5.69 Å². The van der Waals surface area contributed by atoms with Gasteiger partial charge in [-0.2, -0.15) is 0 Å². The van der Waals surface area contributed by atoms with Crippen LogP contribution in [-0.4, -0.2) is 36.5 Å². The molecule has 0 spiro atoms. The van der Waals surface area contributed by atoms with E-state index in [9.17, 15) is 19.3 Å². The first-order chi connectivity index (χ1) is 9.00. The van der Waals surface area contributed by atoms with Crippen LogP contribution in [0.15, 0.2) is 18.2 Å². The number of piperazine rings is 1. The standard InChI is InChI=1S/C11H13FN4O3/c12-7-1-2-8(16(18)19)9(5-7)15-4-3-14-6-10(15)11(13)17/h1-2,5,10,14H,3-4,6H2,(H2,13,17). The first-order valence-electron chi connectivity index (χ1n) is 5.71. The van der Waals surface area contributed by atoms with Gasteiger partial charge in [0, 0.05) is 31.8 Å². The lowest BCUT2D eigenvalue weighted by Gasteiger charge is -2.35. The van der Waals surface area contributed by atoms with Gasteiger partial charge in [-0.25, -0.2) is 4.39 Å². The molecule has 1 amide bonds. The number of primary amides is 1. The summed E-state index contributed by atoms with van der Waals surface area (Å²) in [5.41, 5.74) is 5.11. The van der Waals surface area contributed by atoms with E-state index in [1.807, 2.05) is 0 Å². The fraction of sp³-hybridized carbons (Fsp3) is 0.364. The molecule has 1 aliphatic rings. The van der Waals surface area contributed by atoms with E-state index in [1.54, 1.807) is 0 Å². The summed E-state index contributed by atoms with van der Waals surface area (Å²) < 4.78 is 13.3. The molecule has 102 valence electrons. The van der Waals surface area contributed by atoms with Gasteiger partial charge >= 0.3 is 0 Å². The summed E-state index contributed by atoms with van der Waals surface area (Å²) in [4.78, 5) is 23.2. The highest BCUT2D eigenvalue weighted by Gasteiger charge is 2.31. The third kappa shape index (κ3) is 2.63. The maximum Gasteiger partial charge on any atom is 0.292 e. The molecule has 8 heteroatoms. The van der Waals surface area contributed by atoms with Crippen LogP contribution in [0.4, 0.5) is 15.8 Å². The number of rotatable bonds is 3. The average Bonchev–Trinajstić information content (AvgIpc) is 2.38. The lowest BCUT2D eigenvalue weighted by molar-refractivity contribution is -0.384. The van der Waals surface area contributed by atoms with Crippen molar-refractivity contribution in [2.75, 3.05) is 24.5 Å². The number of hydrogen-bond donors (Lipinski definition) is 2. The van der Waals surface area contributed by atoms with Gasteiger partial charge in [0.1, 0.15) is 17.5 Å². The summed E-state index contributed by atoms with van der Waals surface area (Å²) >= 11 is 0. The molecule has 0 aliphatic carbocycles. The van der Waals surface area contributed by atoms with Crippen molar-refractivity contribution in [3.8, 4) is 0 Å². The zero-order chi connectivity index (χ0) is 14.0. The van der Waals surface area contributed by atoms with Crippen LogP contribution < -0.4 is 16.0 Å². The molecule has 0 radical (unpaired) electrons. The summed E-state index contributed by atoms with van der Waals surface area (Å²) in [7, 11) is 0. The second-order valence-electron chi connectivity index (χ2n) is 4.21. The minimum atomic E-state index is -0.728. The van der Waals surface area contributed by atoms with Gasteiger partial charge in [0.05, 0.1) is 4.92 Å². The van der Waals surface area contributed by atoms with Crippen LogP contribution in [0, 0.1) is 15.9 Å². The van der Waals surface area contributed by atoms with E-state index in [-0.39, 0.29) is 17.9 Å². The molecular formula is C11H13FN4O3. The number of nitro groups is 1. The number of hydrogen-bond acceptors (Lipinski definition) is 5. The van der Waals surface area contributed by atoms with E-state index in [1.165, 1.54) is 4.90 Å². The fourth-order valence-corrected chi connectivity index (χ4v) is 2.13. The number of nitrogens with two attached hydrogens (primary N) is 1. The van der Waals surface area contributed by atoms with Crippen LogP contribution in [0.25, 0.3) is 0 Å². The topological polar surface area (TPSA) is 102 Å². The second-order valence-corrected chi connectivity index (χ2v) is 4.21. The smallest absolute Gasteiger partial charge is 0.292 e. The molecule has 2 rings (SSSR count). The van der Waals surface area contributed by atoms with E-state index in [0.29, 0.717) is 13.1 Å². The summed E-state index contributed by atoms with van der Waals surface area (Å²) in [5, 5.41) is 13.9. The van der Waals surface area contributed by atoms with Crippen LogP contribution in [0.1, 0.15) is 0 Å². The molecule has 3 N–H and O–H groups in total. The number of carbonyl (C=O) groups excluding carboxylic acids is 1. The summed E-state index contributed by atoms with van der Waals surface area (Å²) in [5.74, 6) is -1.20. The number of nitrogens with zero attached hydrogens (tertiary/aromatic N) is 2. The van der Waals surface area contributed by atoms with Crippen molar-refractivity contribution >= 4 is 17.3 Å². The van der Waals surface area contributed by atoms with E-state index < -0.39 is 22.7 Å². The van der Waals surface area contributed by atoms with Crippen molar-refractivity contribution < 1.29 is 14.1 Å². The largest absolute Gasteiger partial charge is 0.368 e. The molecule has 1 fully saturated rings. The second kappa shape index (κ2) is 5.19. The molecular weight excluding hydrogens is 255 g/mol. The van der Waals surface area contributed by atoms with Gasteiger partial charge < -0.3 is 16.0 Å². The molecule has 0 saturated carbocycles. The zero-order valence-corrected chi connectivity index (χ0v) is 10.0. The molecule has 0 aromatic heterocycles. The minimum Gasteiger partial charge on any atom is -0.368 e. The quantitative estimate of drug-likeness (QED) is 0.593. The van der Waals surface area contributed by atoms with Crippen molar-refractivity contribution in [2.24, 2.45) is 5.73 Å². The van der Waals surface area contributed by atoms with Gasteiger partial charge in [0.2, 0.25) is 5.91 Å². The van der Waals surface area contributed by atoms with Gasteiger partial charge in [-0.1, -0.05) is 0 Å². The van der Waals surface area contributed by atoms with Gasteiger partial charge in [-0.15, -0.1) is 0 Å². The molecule has 1 unspecified atom stereocenters. The van der Waals surface area contributed by atoms with Crippen LogP contribution in [0.5, 0.6) is 0 Å². The van der Waals surface area contributed by atoms with Crippen molar-refractivity contribution in [3.63, 3.8) is 0 Å². The Kier molecular flexibility index (Phi) is 3.61. The molecule has 1 aromatic carbocycles. The highest BCUT2D eigenvalue weighted by molar-refractivity contribution is 5.85. The third-order valence-electron chi connectivity index (χ3n) is 3.02. The number of carbonyl (C=O) groups is 1. The normalized spacial score (nSPS) is 19.2. The molecule has 1 heterocycles. The van der Waals surface area contributed by atoms with Crippen molar-refractivity contribution in [1.82, 2.24) is 5.32 Å². The maximum atomic E-state index is 13.3. The molecule has 7 nitrogen and oxygen atoms in total. The first-order valence-corrected chi connectivity index (χ1v) is 5.71. The van der Waals surface area contributed by atoms with Crippen LogP contribution >= 0.6 is 0 Å². The summed E-state index contributed by atoms with van der Waals surface area (Å²) in [6, 6.07) is 2.43. The number of benzene rings is 1. The Morgan fingerprint density at radius 1 is 1.58 bits per heavy atom. The molecule has 0 bridgehead atoms. The van der Waals surface area contributed by atoms with Gasteiger partial charge in [0.15, 0.2) is 0 Å². The average molecular weight is 268 g/mol. The van der Waals surface area contributed by atoms with E-state index in [4.69, 9.17) is 5.73 Å². The number of nitro benzene ring substituents is 1. The summed E-state index contributed by atoms with van der Waals surface area (Å²) in [6.07, 6.45) is 0. The molecule has 1 aliphatic heterocycles. The number of anilines is 1. The Hall–Kier alpha value is -2.22. The molecule has 19 heavy (non-hydrogen) atoms. The Labute approximate surface area is 108 Å². The number of amides is 1. The van der Waals surface area contributed by atoms with Crippen molar-refractivity contribution in [1.29, 1.82) is 0 Å². The fourth-order valence-electron chi connectivity index (χ4n) is 2.13. The predicted molar refractivity (Wildman–Crippen MR) is 66.3 cm³/mol. The predicted octanol–water partition coefficient (Wildman–Crippen LogP) is -0.00260. The Morgan fingerprint density at radius 2 is 2.32 bits per heavy atom. The van der Waals surface area contributed by atoms with Gasteiger partial charge in [-0.3, -0.25) is 14.9 Å². The lowest BCUT2D eigenvalue weighted by Crippen LogP contribution is -2.57. The molecule has 1 aromatic rings. The maximum absolute atomic E-state index is 13.3. The van der Waals surface area contributed by atoms with E-state index in [2.05, 4.69) is 5.32 Å². The Bertz CT molecular complexity index is 523. The SMILES string of the molecule is NC(=O)C1CNCCN1c1cc(F)ccc1[N+](=O)[O-]. The highest BCUT2D eigenvalue weighted by atomic mass is 19.1. The van der Waals surface area contributed by atoms with Crippen LogP contribution in [0.3, 0.4) is 0 Å². The van der Waals surface area contributed by atoms with Crippen molar-refractivity contribution in [3.05, 3.63) is 34.1 Å². The third-order valence-corrected chi connectivity index (χ3v) is 3.02. The monoisotopic (exact) mass is 268 g/mol. The molecule has 1 atom stereocenters. The zero-order valence-electron chi connectivity index (χ0n) is 10.0. The van der Waals surface area contributed by atoms with Crippen molar-refractivity contribution in [2.45, 2.75) is 6.04 Å². The van der Waals surface area contributed by atoms with E-state index >= 15 is 0 Å². The summed E-state index contributed by atoms with van der Waals surface area (Å²) in [6.45, 7) is 1.17. The van der Waals surface area contributed by atoms with Crippen LogP contribution in [-0.2, 0) is 4.79 Å². The molecule has 1 saturated heterocycles. The van der Waals surface area contributed by atoms with E-state index in [0.717, 1.165) is 18.2 Å². The Morgan fingerprint density at radius 3 is 2.95 bits per heavy atom.